The Kier molecular flexibility index (Phi) is 3.80. The van der Waals surface area contributed by atoms with Crippen LogP contribution in [0.25, 0.3) is 5.57 Å². The van der Waals surface area contributed by atoms with E-state index in [0.29, 0.717) is 11.7 Å². The van der Waals surface area contributed by atoms with E-state index >= 15 is 0 Å². The summed E-state index contributed by atoms with van der Waals surface area (Å²) in [6, 6.07) is 10.6. The van der Waals surface area contributed by atoms with Crippen LogP contribution in [0, 0.1) is 5.92 Å². The number of carbonyl (C=O) groups is 1. The smallest absolute Gasteiger partial charge is 0.133 e. The predicted octanol–water partition coefficient (Wildman–Crippen LogP) is 4.20. The Bertz CT molecular complexity index is 471. The highest BCUT2D eigenvalue weighted by molar-refractivity contribution is 8.25. The first-order valence-electron chi connectivity index (χ1n) is 6.41. The third-order valence-corrected chi connectivity index (χ3v) is 6.25. The second-order valence-electron chi connectivity index (χ2n) is 4.74. The lowest BCUT2D eigenvalue weighted by molar-refractivity contribution is -0.117. The minimum Gasteiger partial charge on any atom is -0.300 e. The van der Waals surface area contributed by atoms with Crippen LogP contribution in [0.1, 0.15) is 24.8 Å². The van der Waals surface area contributed by atoms with Crippen molar-refractivity contribution in [2.45, 2.75) is 19.3 Å². The summed E-state index contributed by atoms with van der Waals surface area (Å²) in [5, 5.41) is 0. The molecule has 1 unspecified atom stereocenters. The van der Waals surface area contributed by atoms with Crippen molar-refractivity contribution in [3.8, 4) is 0 Å². The molecule has 18 heavy (non-hydrogen) atoms. The second-order valence-corrected chi connectivity index (χ2v) is 7.21. The van der Waals surface area contributed by atoms with Gasteiger partial charge in [-0.05, 0) is 23.5 Å². The molecule has 1 saturated carbocycles. The zero-order chi connectivity index (χ0) is 12.4. The quantitative estimate of drug-likeness (QED) is 0.805. The Labute approximate surface area is 116 Å². The fraction of sp³-hybridized carbons (Fsp3) is 0.400. The van der Waals surface area contributed by atoms with Gasteiger partial charge in [0.2, 0.25) is 0 Å². The molecule has 1 nitrogen and oxygen atoms in total. The first-order valence-corrected chi connectivity index (χ1v) is 8.38. The van der Waals surface area contributed by atoms with E-state index in [1.165, 1.54) is 26.9 Å². The van der Waals surface area contributed by atoms with Gasteiger partial charge in [0, 0.05) is 28.6 Å². The number of benzene rings is 1. The first kappa shape index (κ1) is 12.4. The molecule has 1 atom stereocenters. The number of rotatable bonds is 2. The molecule has 1 aliphatic heterocycles. The number of ketones is 1. The molecule has 1 aliphatic carbocycles. The van der Waals surface area contributed by atoms with Crippen LogP contribution in [0.2, 0.25) is 0 Å². The zero-order valence-electron chi connectivity index (χ0n) is 10.2. The summed E-state index contributed by atoms with van der Waals surface area (Å²) in [7, 11) is 0. The van der Waals surface area contributed by atoms with Crippen molar-refractivity contribution in [1.29, 1.82) is 0 Å². The highest BCUT2D eigenvalue weighted by atomic mass is 32.2. The molecule has 3 rings (SSSR count). The van der Waals surface area contributed by atoms with Crippen molar-refractivity contribution < 1.29 is 4.79 Å². The Morgan fingerprint density at radius 2 is 1.83 bits per heavy atom. The van der Waals surface area contributed by atoms with Crippen molar-refractivity contribution in [3.05, 3.63) is 40.1 Å². The van der Waals surface area contributed by atoms with Crippen molar-refractivity contribution in [1.82, 2.24) is 0 Å². The van der Waals surface area contributed by atoms with Crippen LogP contribution in [0.4, 0.5) is 0 Å². The van der Waals surface area contributed by atoms with Crippen molar-refractivity contribution >= 4 is 34.9 Å². The van der Waals surface area contributed by atoms with E-state index < -0.39 is 0 Å². The fourth-order valence-corrected chi connectivity index (χ4v) is 5.42. The molecular formula is C15H16OS2. The highest BCUT2D eigenvalue weighted by Crippen LogP contribution is 2.47. The van der Waals surface area contributed by atoms with Gasteiger partial charge in [0.05, 0.1) is 0 Å². The molecule has 94 valence electrons. The van der Waals surface area contributed by atoms with Crippen molar-refractivity contribution in [2.24, 2.45) is 5.92 Å². The minimum absolute atomic E-state index is 0.432. The van der Waals surface area contributed by atoms with Gasteiger partial charge < -0.3 is 0 Å². The Morgan fingerprint density at radius 1 is 1.11 bits per heavy atom. The van der Waals surface area contributed by atoms with E-state index in [0.717, 1.165) is 19.3 Å². The van der Waals surface area contributed by atoms with Gasteiger partial charge >= 0.3 is 0 Å². The SMILES string of the molecule is O=C1CCC(C(=C2SCCS2)c2ccccc2)C1. The third kappa shape index (κ3) is 2.52. The summed E-state index contributed by atoms with van der Waals surface area (Å²) in [6.45, 7) is 0. The van der Waals surface area contributed by atoms with Gasteiger partial charge in [-0.1, -0.05) is 30.3 Å². The summed E-state index contributed by atoms with van der Waals surface area (Å²) in [6.07, 6.45) is 2.55. The maximum absolute atomic E-state index is 11.6. The van der Waals surface area contributed by atoms with Gasteiger partial charge in [-0.2, -0.15) is 0 Å². The lowest BCUT2D eigenvalue weighted by atomic mass is 9.92. The van der Waals surface area contributed by atoms with Crippen LogP contribution in [-0.2, 0) is 4.79 Å². The molecule has 0 bridgehead atoms. The van der Waals surface area contributed by atoms with Gasteiger partial charge in [-0.3, -0.25) is 4.79 Å². The fourth-order valence-electron chi connectivity index (χ4n) is 2.66. The summed E-state index contributed by atoms with van der Waals surface area (Å²) < 4.78 is 1.46. The van der Waals surface area contributed by atoms with E-state index in [9.17, 15) is 4.79 Å². The number of carbonyl (C=O) groups excluding carboxylic acids is 1. The maximum atomic E-state index is 11.6. The highest BCUT2D eigenvalue weighted by Gasteiger charge is 2.29. The maximum Gasteiger partial charge on any atom is 0.133 e. The van der Waals surface area contributed by atoms with E-state index in [1.807, 2.05) is 23.5 Å². The lowest BCUT2D eigenvalue weighted by Gasteiger charge is -2.17. The molecule has 1 aromatic carbocycles. The third-order valence-electron chi connectivity index (χ3n) is 3.51. The molecule has 0 spiro atoms. The molecule has 0 N–H and O–H groups in total. The first-order chi connectivity index (χ1) is 8.84. The summed E-state index contributed by atoms with van der Waals surface area (Å²) in [5.74, 6) is 3.29. The standard InChI is InChI=1S/C15H16OS2/c16-13-7-6-12(10-13)14(15-17-8-9-18-15)11-4-2-1-3-5-11/h1-5,12H,6-10H2. The Balaban J connectivity index is 1.99. The van der Waals surface area contributed by atoms with Crippen LogP contribution in [-0.4, -0.2) is 17.3 Å². The van der Waals surface area contributed by atoms with Gasteiger partial charge in [0.25, 0.3) is 0 Å². The van der Waals surface area contributed by atoms with Crippen molar-refractivity contribution in [3.63, 3.8) is 0 Å². The Morgan fingerprint density at radius 3 is 2.44 bits per heavy atom. The molecule has 0 aromatic heterocycles. The molecule has 3 heteroatoms. The van der Waals surface area contributed by atoms with Crippen LogP contribution in [0.5, 0.6) is 0 Å². The van der Waals surface area contributed by atoms with Crippen molar-refractivity contribution in [2.75, 3.05) is 11.5 Å². The molecule has 0 radical (unpaired) electrons. The molecular weight excluding hydrogens is 260 g/mol. The van der Waals surface area contributed by atoms with Gasteiger partial charge in [-0.15, -0.1) is 23.5 Å². The zero-order valence-corrected chi connectivity index (χ0v) is 11.9. The summed E-state index contributed by atoms with van der Waals surface area (Å²) in [4.78, 5) is 11.6. The molecule has 1 heterocycles. The second kappa shape index (κ2) is 5.54. The van der Waals surface area contributed by atoms with Crippen LogP contribution in [0.15, 0.2) is 34.6 Å². The summed E-state index contributed by atoms with van der Waals surface area (Å²) >= 11 is 3.93. The largest absolute Gasteiger partial charge is 0.300 e. The van der Waals surface area contributed by atoms with Crippen LogP contribution >= 0.6 is 23.5 Å². The number of allylic oxidation sites excluding steroid dienone is 1. The molecule has 0 amide bonds. The van der Waals surface area contributed by atoms with E-state index in [4.69, 9.17) is 0 Å². The Hall–Kier alpha value is -0.670. The molecule has 1 aromatic rings. The topological polar surface area (TPSA) is 17.1 Å². The average Bonchev–Trinajstić information content (AvgIpc) is 3.04. The molecule has 2 fully saturated rings. The van der Waals surface area contributed by atoms with E-state index in [1.54, 1.807) is 0 Å². The molecule has 2 aliphatic rings. The lowest BCUT2D eigenvalue weighted by Crippen LogP contribution is -2.01. The number of Topliss-reactive ketones (excluding diaryl/α,β-unsaturated/α-hetero) is 1. The average molecular weight is 276 g/mol. The van der Waals surface area contributed by atoms with Crippen LogP contribution < -0.4 is 0 Å². The van der Waals surface area contributed by atoms with Gasteiger partial charge in [0.15, 0.2) is 0 Å². The van der Waals surface area contributed by atoms with Gasteiger partial charge in [-0.25, -0.2) is 0 Å². The normalized spacial score (nSPS) is 23.7. The van der Waals surface area contributed by atoms with Crippen LogP contribution in [0.3, 0.4) is 0 Å². The van der Waals surface area contributed by atoms with E-state index in [-0.39, 0.29) is 0 Å². The number of thioether (sulfide) groups is 2. The minimum atomic E-state index is 0.432. The molecule has 1 saturated heterocycles. The van der Waals surface area contributed by atoms with Gasteiger partial charge in [0.1, 0.15) is 5.78 Å². The number of hydrogen-bond donors (Lipinski definition) is 0. The summed E-state index contributed by atoms with van der Waals surface area (Å²) in [5.41, 5.74) is 2.75. The monoisotopic (exact) mass is 276 g/mol. The van der Waals surface area contributed by atoms with E-state index in [2.05, 4.69) is 30.3 Å². The number of hydrogen-bond acceptors (Lipinski definition) is 3. The predicted molar refractivity (Wildman–Crippen MR) is 80.6 cm³/mol.